The van der Waals surface area contributed by atoms with Crippen LogP contribution in [0.5, 0.6) is 0 Å². The summed E-state index contributed by atoms with van der Waals surface area (Å²) in [6.07, 6.45) is 6.63. The zero-order chi connectivity index (χ0) is 24.3. The Bertz CT molecular complexity index is 793. The SMILES string of the molecule is C=CCCCCOC(=O)[C@H]1[C@H]2C(=O)N(CCO)C(C(=O)N(CC=C)C(C)C)C23CC(Br)[C@@H]1S3. The highest BCUT2D eigenvalue weighted by Gasteiger charge is 2.76. The molecule has 1 spiro atoms. The second-order valence-electron chi connectivity index (χ2n) is 9.24. The van der Waals surface area contributed by atoms with Crippen molar-refractivity contribution in [1.82, 2.24) is 9.80 Å². The summed E-state index contributed by atoms with van der Waals surface area (Å²) < 4.78 is 4.89. The molecule has 184 valence electrons. The number of aliphatic hydroxyl groups is 1. The van der Waals surface area contributed by atoms with Gasteiger partial charge in [0.05, 0.1) is 29.8 Å². The van der Waals surface area contributed by atoms with E-state index in [1.807, 2.05) is 19.9 Å². The van der Waals surface area contributed by atoms with Gasteiger partial charge in [-0.15, -0.1) is 24.9 Å². The van der Waals surface area contributed by atoms with Crippen LogP contribution < -0.4 is 0 Å². The number of ether oxygens (including phenoxy) is 1. The molecule has 3 heterocycles. The van der Waals surface area contributed by atoms with E-state index in [1.54, 1.807) is 22.7 Å². The van der Waals surface area contributed by atoms with Gasteiger partial charge in [-0.05, 0) is 39.5 Å². The van der Waals surface area contributed by atoms with Crippen LogP contribution >= 0.6 is 27.7 Å². The fourth-order valence-electron chi connectivity index (χ4n) is 5.54. The number of alkyl halides is 1. The van der Waals surface area contributed by atoms with Crippen LogP contribution in [0.2, 0.25) is 0 Å². The molecule has 0 aromatic carbocycles. The molecule has 3 rings (SSSR count). The lowest BCUT2D eigenvalue weighted by Crippen LogP contribution is -2.57. The molecule has 3 fully saturated rings. The third-order valence-corrected chi connectivity index (χ3v) is 10.1. The number of esters is 1. The van der Waals surface area contributed by atoms with Gasteiger partial charge in [-0.25, -0.2) is 0 Å². The molecular formula is C24H35BrN2O5S. The number of hydrogen-bond donors (Lipinski definition) is 1. The van der Waals surface area contributed by atoms with Crippen LogP contribution in [0.3, 0.4) is 0 Å². The lowest BCUT2D eigenvalue weighted by atomic mass is 9.71. The Kier molecular flexibility index (Phi) is 8.72. The van der Waals surface area contributed by atoms with Gasteiger partial charge in [-0.2, -0.15) is 0 Å². The Balaban J connectivity index is 1.91. The maximum Gasteiger partial charge on any atom is 0.310 e. The number of likely N-dealkylation sites (tertiary alicyclic amines) is 1. The van der Waals surface area contributed by atoms with Gasteiger partial charge in [-0.3, -0.25) is 14.4 Å². The Morgan fingerprint density at radius 2 is 2.09 bits per heavy atom. The molecule has 0 aromatic heterocycles. The summed E-state index contributed by atoms with van der Waals surface area (Å²) in [6, 6.07) is -0.804. The molecule has 2 amide bonds. The van der Waals surface area contributed by atoms with Crippen molar-refractivity contribution in [2.45, 2.75) is 66.4 Å². The van der Waals surface area contributed by atoms with Crippen LogP contribution in [0.15, 0.2) is 25.3 Å². The predicted octanol–water partition coefficient (Wildman–Crippen LogP) is 2.77. The summed E-state index contributed by atoms with van der Waals surface area (Å²) in [7, 11) is 0. The molecule has 6 atom stereocenters. The van der Waals surface area contributed by atoms with E-state index in [9.17, 15) is 19.5 Å². The first-order valence-electron chi connectivity index (χ1n) is 11.7. The van der Waals surface area contributed by atoms with E-state index in [0.29, 0.717) is 19.6 Å². The topological polar surface area (TPSA) is 87.1 Å². The molecule has 0 saturated carbocycles. The first kappa shape index (κ1) is 26.3. The normalized spacial score (nSPS) is 32.2. The third kappa shape index (κ3) is 4.65. The van der Waals surface area contributed by atoms with Gasteiger partial charge in [0.1, 0.15) is 6.04 Å². The van der Waals surface area contributed by atoms with Crippen LogP contribution in [-0.4, -0.2) is 85.9 Å². The molecule has 1 N–H and O–H groups in total. The maximum atomic E-state index is 13.8. The summed E-state index contributed by atoms with van der Waals surface area (Å²) in [6.45, 7) is 11.8. The van der Waals surface area contributed by atoms with Crippen molar-refractivity contribution in [3.8, 4) is 0 Å². The summed E-state index contributed by atoms with van der Waals surface area (Å²) in [5.74, 6) is -1.97. The molecule has 3 aliphatic rings. The molecule has 7 nitrogen and oxygen atoms in total. The van der Waals surface area contributed by atoms with Gasteiger partial charge in [-0.1, -0.05) is 28.1 Å². The average molecular weight is 544 g/mol. The minimum atomic E-state index is -0.732. The van der Waals surface area contributed by atoms with E-state index in [0.717, 1.165) is 19.3 Å². The lowest BCUT2D eigenvalue weighted by molar-refractivity contribution is -0.154. The van der Waals surface area contributed by atoms with Gasteiger partial charge in [0.2, 0.25) is 11.8 Å². The number of thioether (sulfide) groups is 1. The molecule has 0 aromatic rings. The minimum absolute atomic E-state index is 0.00106. The number of hydrogen-bond acceptors (Lipinski definition) is 6. The number of rotatable bonds is 12. The number of nitrogens with zero attached hydrogens (tertiary/aromatic N) is 2. The van der Waals surface area contributed by atoms with E-state index >= 15 is 0 Å². The highest BCUT2D eigenvalue weighted by Crippen LogP contribution is 2.68. The summed E-state index contributed by atoms with van der Waals surface area (Å²) in [4.78, 5) is 43.9. The number of unbranched alkanes of at least 4 members (excludes halogenated alkanes) is 2. The molecule has 3 saturated heterocycles. The number of β-amino-alcohol motifs (C(OH)–C–C–N with tert-alkyl or cyclic N) is 1. The van der Waals surface area contributed by atoms with Gasteiger partial charge in [0.15, 0.2) is 0 Å². The average Bonchev–Trinajstić information content (AvgIpc) is 3.35. The van der Waals surface area contributed by atoms with Crippen molar-refractivity contribution in [3.05, 3.63) is 25.3 Å². The molecule has 3 unspecified atom stereocenters. The summed E-state index contributed by atoms with van der Waals surface area (Å²) in [5, 5.41) is 9.56. The molecule has 2 bridgehead atoms. The molecule has 33 heavy (non-hydrogen) atoms. The first-order chi connectivity index (χ1) is 15.7. The van der Waals surface area contributed by atoms with Gasteiger partial charge in [0, 0.05) is 29.2 Å². The van der Waals surface area contributed by atoms with E-state index in [2.05, 4.69) is 29.1 Å². The van der Waals surface area contributed by atoms with E-state index in [-0.39, 0.29) is 47.1 Å². The van der Waals surface area contributed by atoms with Gasteiger partial charge in [0.25, 0.3) is 0 Å². The summed E-state index contributed by atoms with van der Waals surface area (Å²) >= 11 is 5.31. The molecule has 0 radical (unpaired) electrons. The maximum absolute atomic E-state index is 13.8. The zero-order valence-electron chi connectivity index (χ0n) is 19.5. The number of carbonyl (C=O) groups is 3. The van der Waals surface area contributed by atoms with E-state index < -0.39 is 22.6 Å². The highest BCUT2D eigenvalue weighted by molar-refractivity contribution is 9.09. The summed E-state index contributed by atoms with van der Waals surface area (Å²) in [5.41, 5.74) is 0. The molecule has 0 aliphatic carbocycles. The van der Waals surface area contributed by atoms with Crippen molar-refractivity contribution in [2.75, 3.05) is 26.3 Å². The Morgan fingerprint density at radius 1 is 1.36 bits per heavy atom. The van der Waals surface area contributed by atoms with Crippen molar-refractivity contribution < 1.29 is 24.2 Å². The Morgan fingerprint density at radius 3 is 2.70 bits per heavy atom. The van der Waals surface area contributed by atoms with Crippen LogP contribution in [0.1, 0.15) is 39.5 Å². The Labute approximate surface area is 209 Å². The first-order valence-corrected chi connectivity index (χ1v) is 13.5. The van der Waals surface area contributed by atoms with Crippen LogP contribution in [-0.2, 0) is 19.1 Å². The fraction of sp³-hybridized carbons (Fsp3) is 0.708. The lowest BCUT2D eigenvalue weighted by Gasteiger charge is -2.38. The van der Waals surface area contributed by atoms with E-state index in [1.165, 1.54) is 4.90 Å². The van der Waals surface area contributed by atoms with Crippen molar-refractivity contribution in [2.24, 2.45) is 11.8 Å². The quantitative estimate of drug-likeness (QED) is 0.176. The standard InChI is InChI=1S/C24H35BrN2O5S/c1-5-7-8-9-13-32-23(31)17-18-21(29)27(11-12-28)20(22(30)26(10-6-2)15(3)4)24(18)14-16(25)19(17)33-24/h5-6,15-20,28H,1-2,7-14H2,3-4H3/t16?,17-,18-,19-,20?,24?/m0/s1. The number of carbonyl (C=O) groups excluding carboxylic acids is 3. The number of amides is 2. The molecular weight excluding hydrogens is 508 g/mol. The Hall–Kier alpha value is -1.32. The van der Waals surface area contributed by atoms with Crippen LogP contribution in [0, 0.1) is 11.8 Å². The van der Waals surface area contributed by atoms with Crippen molar-refractivity contribution in [1.29, 1.82) is 0 Å². The number of halogens is 1. The monoisotopic (exact) mass is 542 g/mol. The highest BCUT2D eigenvalue weighted by atomic mass is 79.9. The zero-order valence-corrected chi connectivity index (χ0v) is 21.9. The van der Waals surface area contributed by atoms with E-state index in [4.69, 9.17) is 4.74 Å². The predicted molar refractivity (Wildman–Crippen MR) is 133 cm³/mol. The largest absolute Gasteiger partial charge is 0.465 e. The van der Waals surface area contributed by atoms with Crippen molar-refractivity contribution >= 4 is 45.5 Å². The molecule has 9 heteroatoms. The fourth-order valence-corrected chi connectivity index (χ4v) is 9.13. The number of fused-ring (bicyclic) bond motifs is 1. The molecule has 3 aliphatic heterocycles. The second-order valence-corrected chi connectivity index (χ2v) is 12.0. The van der Waals surface area contributed by atoms with Crippen molar-refractivity contribution in [3.63, 3.8) is 0 Å². The minimum Gasteiger partial charge on any atom is -0.465 e. The smallest absolute Gasteiger partial charge is 0.310 e. The number of aliphatic hydroxyl groups excluding tert-OH is 1. The van der Waals surface area contributed by atoms with Crippen LogP contribution in [0.25, 0.3) is 0 Å². The number of allylic oxidation sites excluding steroid dienone is 1. The van der Waals surface area contributed by atoms with Gasteiger partial charge < -0.3 is 19.6 Å². The third-order valence-electron chi connectivity index (χ3n) is 6.92. The van der Waals surface area contributed by atoms with Gasteiger partial charge >= 0.3 is 5.97 Å². The second kappa shape index (κ2) is 11.0. The van der Waals surface area contributed by atoms with Crippen LogP contribution in [0.4, 0.5) is 0 Å².